The van der Waals surface area contributed by atoms with Crippen molar-refractivity contribution in [2.24, 2.45) is 11.3 Å². The topological polar surface area (TPSA) is 57.5 Å². The predicted molar refractivity (Wildman–Crippen MR) is 124 cm³/mol. The minimum Gasteiger partial charge on any atom is -0.332 e. The maximum Gasteiger partial charge on any atom is 0.361 e. The fraction of sp³-hybridized carbons (Fsp3) is 0.440. The number of rotatable bonds is 6. The van der Waals surface area contributed by atoms with Crippen LogP contribution in [0.2, 0.25) is 0 Å². The first-order chi connectivity index (χ1) is 15.0. The van der Waals surface area contributed by atoms with Crippen LogP contribution in [0.3, 0.4) is 0 Å². The van der Waals surface area contributed by atoms with Gasteiger partial charge < -0.3 is 4.90 Å². The van der Waals surface area contributed by atoms with Gasteiger partial charge in [-0.15, -0.1) is 3.98 Å². The first-order valence-electron chi connectivity index (χ1n) is 11.0. The second kappa shape index (κ2) is 8.10. The number of carbonyl (C=O) groups excluding carboxylic acids is 1. The average Bonchev–Trinajstić information content (AvgIpc) is 3.43. The van der Waals surface area contributed by atoms with Crippen LogP contribution in [0.25, 0.3) is 11.1 Å². The number of carbonyl (C=O) groups is 1. The lowest BCUT2D eigenvalue weighted by Gasteiger charge is -2.27. The van der Waals surface area contributed by atoms with Crippen LogP contribution in [0.4, 0.5) is 4.39 Å². The van der Waals surface area contributed by atoms with Crippen molar-refractivity contribution >= 4 is 22.6 Å². The molecular weight excluding hydrogens is 427 g/mol. The maximum absolute atomic E-state index is 14.3. The van der Waals surface area contributed by atoms with Crippen molar-refractivity contribution in [2.45, 2.75) is 45.2 Å². The van der Waals surface area contributed by atoms with E-state index in [-0.39, 0.29) is 35.1 Å². The Morgan fingerprint density at radius 2 is 1.91 bits per heavy atom. The van der Waals surface area contributed by atoms with Gasteiger partial charge in [0, 0.05) is 18.0 Å². The van der Waals surface area contributed by atoms with E-state index in [2.05, 4.69) is 6.72 Å². The molecule has 7 heteroatoms. The van der Waals surface area contributed by atoms with Crippen LogP contribution in [0.5, 0.6) is 0 Å². The highest BCUT2D eigenvalue weighted by molar-refractivity contribution is 7.84. The molecule has 1 saturated carbocycles. The highest BCUT2D eigenvalue weighted by atomic mass is 32.2. The van der Waals surface area contributed by atoms with Crippen molar-refractivity contribution in [3.63, 3.8) is 0 Å². The molecule has 0 N–H and O–H groups in total. The number of hydrogen-bond donors (Lipinski definition) is 0. The molecule has 5 nitrogen and oxygen atoms in total. The molecule has 2 aliphatic rings. The first kappa shape index (κ1) is 22.6. The number of halogens is 1. The van der Waals surface area contributed by atoms with Gasteiger partial charge in [0.05, 0.1) is 17.7 Å². The Morgan fingerprint density at radius 3 is 2.50 bits per heavy atom. The molecule has 4 rings (SSSR count). The summed E-state index contributed by atoms with van der Waals surface area (Å²) in [6.07, 6.45) is 3.41. The number of benzene rings is 2. The van der Waals surface area contributed by atoms with Gasteiger partial charge in [-0.3, -0.25) is 4.79 Å². The van der Waals surface area contributed by atoms with Crippen molar-refractivity contribution in [3.8, 4) is 11.1 Å². The Morgan fingerprint density at radius 1 is 1.22 bits per heavy atom. The van der Waals surface area contributed by atoms with Crippen LogP contribution in [0.15, 0.2) is 48.5 Å². The van der Waals surface area contributed by atoms with Gasteiger partial charge in [-0.05, 0) is 36.5 Å². The zero-order valence-corrected chi connectivity index (χ0v) is 19.6. The summed E-state index contributed by atoms with van der Waals surface area (Å²) in [6, 6.07) is 13.5. The summed E-state index contributed by atoms with van der Waals surface area (Å²) in [5.74, 6) is -0.456. The fourth-order valence-electron chi connectivity index (χ4n) is 5.04. The molecule has 2 fully saturated rings. The second-order valence-electron chi connectivity index (χ2n) is 9.53. The summed E-state index contributed by atoms with van der Waals surface area (Å²) >= 11 is 0. The normalized spacial score (nSPS) is 21.8. The highest BCUT2D eigenvalue weighted by Crippen LogP contribution is 2.57. The molecule has 2 aromatic carbocycles. The largest absolute Gasteiger partial charge is 0.361 e. The molecule has 0 radical (unpaired) electrons. The predicted octanol–water partition coefficient (Wildman–Crippen LogP) is 3.72. The molecule has 0 aromatic heterocycles. The molecule has 32 heavy (non-hydrogen) atoms. The smallest absolute Gasteiger partial charge is 0.332 e. The van der Waals surface area contributed by atoms with E-state index in [1.165, 1.54) is 16.3 Å². The number of hydrogen-bond acceptors (Lipinski definition) is 3. The maximum atomic E-state index is 14.3. The molecule has 1 spiro atoms. The molecule has 1 aliphatic carbocycles. The van der Waals surface area contributed by atoms with E-state index in [9.17, 15) is 17.6 Å². The molecule has 2 aromatic rings. The van der Waals surface area contributed by atoms with Gasteiger partial charge in [-0.1, -0.05) is 56.3 Å². The van der Waals surface area contributed by atoms with Crippen molar-refractivity contribution in [1.82, 2.24) is 4.90 Å². The molecule has 0 bridgehead atoms. The van der Waals surface area contributed by atoms with Crippen molar-refractivity contribution in [1.29, 1.82) is 0 Å². The standard InChI is InChI=1S/C25H30FN2O3S/c1-17(2)24(29)28-16-25(12-13-25)23(27(3)32(4,30)31)22(28)15-18-8-7-9-19(14-18)20-10-5-6-11-21(20)26/h5-11,14,17,22-23H,3,12-13,15-16H2,1-2,4H3/q+1/t22-,23+/m0/s1. The van der Waals surface area contributed by atoms with Gasteiger partial charge in [0.25, 0.3) is 0 Å². The third-order valence-electron chi connectivity index (χ3n) is 6.84. The molecule has 0 unspecified atom stereocenters. The van der Waals surface area contributed by atoms with Gasteiger partial charge >= 0.3 is 10.0 Å². The zero-order valence-electron chi connectivity index (χ0n) is 18.8. The minimum atomic E-state index is -3.53. The fourth-order valence-corrected chi connectivity index (χ4v) is 5.82. The van der Waals surface area contributed by atoms with Crippen LogP contribution in [0.1, 0.15) is 32.3 Å². The van der Waals surface area contributed by atoms with Gasteiger partial charge in [-0.25, -0.2) is 4.39 Å². The van der Waals surface area contributed by atoms with Crippen molar-refractivity contribution in [3.05, 3.63) is 59.9 Å². The number of amides is 1. The molecule has 170 valence electrons. The Bertz CT molecular complexity index is 1170. The van der Waals surface area contributed by atoms with Gasteiger partial charge in [0.15, 0.2) is 6.04 Å². The molecule has 1 amide bonds. The Kier molecular flexibility index (Phi) is 5.74. The second-order valence-corrected chi connectivity index (χ2v) is 11.5. The van der Waals surface area contributed by atoms with Gasteiger partial charge in [-0.2, -0.15) is 8.42 Å². The summed E-state index contributed by atoms with van der Waals surface area (Å²) < 4.78 is 40.4. The summed E-state index contributed by atoms with van der Waals surface area (Å²) in [6.45, 7) is 8.17. The molecule has 1 aliphatic heterocycles. The van der Waals surface area contributed by atoms with Crippen molar-refractivity contribution < 1.29 is 21.6 Å². The van der Waals surface area contributed by atoms with E-state index < -0.39 is 10.0 Å². The Labute approximate surface area is 189 Å². The summed E-state index contributed by atoms with van der Waals surface area (Å²) in [7, 11) is -3.53. The van der Waals surface area contributed by atoms with E-state index in [1.807, 2.05) is 43.0 Å². The van der Waals surface area contributed by atoms with E-state index in [0.29, 0.717) is 18.5 Å². The summed E-state index contributed by atoms with van der Waals surface area (Å²) in [5, 5.41) is 0. The minimum absolute atomic E-state index is 0.0240. The molecular formula is C25H30FN2O3S+. The Balaban J connectivity index is 1.73. The van der Waals surface area contributed by atoms with E-state index >= 15 is 0 Å². The number of sulfonamides is 1. The number of likely N-dealkylation sites (tertiary alicyclic amines) is 1. The lowest BCUT2D eigenvalue weighted by Crippen LogP contribution is -2.48. The quantitative estimate of drug-likeness (QED) is 0.491. The Hall–Kier alpha value is -2.54. The SMILES string of the molecule is C=[N+]([C@@H]1[C@H](Cc2cccc(-c3ccccc3F)c2)N(C(=O)C(C)C)CC12CC2)S(C)(=O)=O. The van der Waals surface area contributed by atoms with E-state index in [0.717, 1.165) is 24.0 Å². The third kappa shape index (κ3) is 4.10. The lowest BCUT2D eigenvalue weighted by atomic mass is 9.91. The average molecular weight is 458 g/mol. The zero-order chi connectivity index (χ0) is 23.3. The van der Waals surface area contributed by atoms with Crippen molar-refractivity contribution in [2.75, 3.05) is 12.8 Å². The van der Waals surface area contributed by atoms with E-state index in [4.69, 9.17) is 0 Å². The number of nitrogens with zero attached hydrogens (tertiary/aromatic N) is 2. The van der Waals surface area contributed by atoms with Crippen LogP contribution in [0, 0.1) is 17.2 Å². The lowest BCUT2D eigenvalue weighted by molar-refractivity contribution is -0.422. The van der Waals surface area contributed by atoms with Crippen LogP contribution in [-0.4, -0.2) is 54.8 Å². The summed E-state index contributed by atoms with van der Waals surface area (Å²) in [5.41, 5.74) is 1.97. The van der Waals surface area contributed by atoms with Crippen LogP contribution >= 0.6 is 0 Å². The molecule has 1 saturated heterocycles. The molecule has 1 heterocycles. The van der Waals surface area contributed by atoms with Crippen LogP contribution < -0.4 is 0 Å². The van der Waals surface area contributed by atoms with Gasteiger partial charge in [0.1, 0.15) is 12.5 Å². The van der Waals surface area contributed by atoms with E-state index in [1.54, 1.807) is 18.2 Å². The first-order valence-corrected chi connectivity index (χ1v) is 12.8. The third-order valence-corrected chi connectivity index (χ3v) is 7.92. The van der Waals surface area contributed by atoms with Crippen LogP contribution in [-0.2, 0) is 21.2 Å². The molecule has 2 atom stereocenters. The monoisotopic (exact) mass is 457 g/mol. The van der Waals surface area contributed by atoms with Gasteiger partial charge in [0.2, 0.25) is 5.91 Å². The highest BCUT2D eigenvalue weighted by Gasteiger charge is 2.66. The summed E-state index contributed by atoms with van der Waals surface area (Å²) in [4.78, 5) is 15.0.